The van der Waals surface area contributed by atoms with E-state index in [-0.39, 0.29) is 11.4 Å². The molecule has 0 unspecified atom stereocenters. The largest absolute Gasteiger partial charge is 0.338 e. The van der Waals surface area contributed by atoms with Gasteiger partial charge in [-0.05, 0) is 24.8 Å². The summed E-state index contributed by atoms with van der Waals surface area (Å²) in [5, 5.41) is 0. The molecule has 0 atom stereocenters. The second-order valence-electron chi connectivity index (χ2n) is 6.40. The Hall–Kier alpha value is -1.35. The van der Waals surface area contributed by atoms with E-state index in [1.165, 1.54) is 12.0 Å². The standard InChI is InChI=1S/C18H28N2O/c1-2-13-20(15-16-9-5-3-6-10-16)17(21)14-18(19)11-7-4-8-12-18/h3,5-6,9-10H,2,4,7-8,11-15,19H2,1H3. The van der Waals surface area contributed by atoms with Crippen LogP contribution in [0.4, 0.5) is 0 Å². The lowest BCUT2D eigenvalue weighted by Crippen LogP contribution is -2.47. The van der Waals surface area contributed by atoms with Crippen LogP contribution in [0.2, 0.25) is 0 Å². The summed E-state index contributed by atoms with van der Waals surface area (Å²) in [5.74, 6) is 0.213. The summed E-state index contributed by atoms with van der Waals surface area (Å²) in [6.45, 7) is 3.62. The summed E-state index contributed by atoms with van der Waals surface area (Å²) < 4.78 is 0. The Bertz CT molecular complexity index is 438. The van der Waals surface area contributed by atoms with E-state index >= 15 is 0 Å². The van der Waals surface area contributed by atoms with Gasteiger partial charge in [0.1, 0.15) is 0 Å². The average molecular weight is 288 g/mol. The first-order chi connectivity index (χ1) is 10.1. The van der Waals surface area contributed by atoms with E-state index in [0.717, 1.165) is 38.6 Å². The van der Waals surface area contributed by atoms with E-state index in [4.69, 9.17) is 5.73 Å². The van der Waals surface area contributed by atoms with E-state index in [0.29, 0.717) is 13.0 Å². The molecule has 0 bridgehead atoms. The third-order valence-corrected chi connectivity index (χ3v) is 4.42. The third kappa shape index (κ3) is 4.85. The predicted octanol–water partition coefficient (Wildman–Crippen LogP) is 3.48. The van der Waals surface area contributed by atoms with Crippen LogP contribution >= 0.6 is 0 Å². The molecular weight excluding hydrogens is 260 g/mol. The maximum atomic E-state index is 12.7. The number of carbonyl (C=O) groups excluding carboxylic acids is 1. The van der Waals surface area contributed by atoms with Crippen LogP contribution in [0.25, 0.3) is 0 Å². The maximum Gasteiger partial charge on any atom is 0.224 e. The highest BCUT2D eigenvalue weighted by atomic mass is 16.2. The number of rotatable bonds is 6. The van der Waals surface area contributed by atoms with E-state index in [1.807, 2.05) is 23.1 Å². The van der Waals surface area contributed by atoms with Crippen LogP contribution in [-0.2, 0) is 11.3 Å². The molecule has 3 nitrogen and oxygen atoms in total. The molecule has 0 spiro atoms. The highest BCUT2D eigenvalue weighted by Crippen LogP contribution is 2.29. The Morgan fingerprint density at radius 1 is 1.19 bits per heavy atom. The van der Waals surface area contributed by atoms with Gasteiger partial charge in [0.15, 0.2) is 0 Å². The smallest absolute Gasteiger partial charge is 0.224 e. The van der Waals surface area contributed by atoms with E-state index < -0.39 is 0 Å². The molecule has 0 aliphatic heterocycles. The lowest BCUT2D eigenvalue weighted by atomic mass is 9.80. The second kappa shape index (κ2) is 7.60. The molecule has 3 heteroatoms. The molecule has 21 heavy (non-hydrogen) atoms. The van der Waals surface area contributed by atoms with Crippen LogP contribution < -0.4 is 5.73 Å². The van der Waals surface area contributed by atoms with Crippen LogP contribution in [-0.4, -0.2) is 22.9 Å². The van der Waals surface area contributed by atoms with Crippen LogP contribution in [0.1, 0.15) is 57.4 Å². The fraction of sp³-hybridized carbons (Fsp3) is 0.611. The first kappa shape index (κ1) is 16.0. The molecule has 1 aromatic rings. The minimum absolute atomic E-state index is 0.213. The molecule has 0 aromatic heterocycles. The van der Waals surface area contributed by atoms with Gasteiger partial charge in [-0.2, -0.15) is 0 Å². The van der Waals surface area contributed by atoms with Gasteiger partial charge < -0.3 is 10.6 Å². The van der Waals surface area contributed by atoms with Crippen molar-refractivity contribution in [3.8, 4) is 0 Å². The van der Waals surface area contributed by atoms with Gasteiger partial charge in [-0.15, -0.1) is 0 Å². The van der Waals surface area contributed by atoms with Crippen molar-refractivity contribution in [2.45, 2.75) is 64.0 Å². The van der Waals surface area contributed by atoms with Crippen LogP contribution in [0, 0.1) is 0 Å². The highest BCUT2D eigenvalue weighted by Gasteiger charge is 2.31. The van der Waals surface area contributed by atoms with Gasteiger partial charge >= 0.3 is 0 Å². The molecule has 1 saturated carbocycles. The monoisotopic (exact) mass is 288 g/mol. The fourth-order valence-electron chi connectivity index (χ4n) is 3.21. The molecule has 0 heterocycles. The number of nitrogens with zero attached hydrogens (tertiary/aromatic N) is 1. The predicted molar refractivity (Wildman–Crippen MR) is 86.8 cm³/mol. The summed E-state index contributed by atoms with van der Waals surface area (Å²) in [6.07, 6.45) is 7.05. The minimum atomic E-state index is -0.266. The molecule has 1 aliphatic carbocycles. The van der Waals surface area contributed by atoms with Gasteiger partial charge in [-0.1, -0.05) is 56.5 Å². The van der Waals surface area contributed by atoms with Crippen molar-refractivity contribution in [1.82, 2.24) is 4.90 Å². The maximum absolute atomic E-state index is 12.7. The molecule has 2 rings (SSSR count). The molecule has 1 aromatic carbocycles. The molecule has 1 fully saturated rings. The van der Waals surface area contributed by atoms with Crippen LogP contribution in [0.3, 0.4) is 0 Å². The zero-order valence-corrected chi connectivity index (χ0v) is 13.2. The van der Waals surface area contributed by atoms with Crippen molar-refractivity contribution in [2.24, 2.45) is 5.73 Å². The highest BCUT2D eigenvalue weighted by molar-refractivity contribution is 5.77. The number of amides is 1. The van der Waals surface area contributed by atoms with E-state index in [9.17, 15) is 4.79 Å². The van der Waals surface area contributed by atoms with Crippen molar-refractivity contribution in [1.29, 1.82) is 0 Å². The molecule has 1 amide bonds. The molecule has 116 valence electrons. The topological polar surface area (TPSA) is 46.3 Å². The number of hydrogen-bond donors (Lipinski definition) is 1. The van der Waals surface area contributed by atoms with Gasteiger partial charge in [0.25, 0.3) is 0 Å². The van der Waals surface area contributed by atoms with E-state index in [2.05, 4.69) is 19.1 Å². The first-order valence-corrected chi connectivity index (χ1v) is 8.23. The number of nitrogens with two attached hydrogens (primary N) is 1. The quantitative estimate of drug-likeness (QED) is 0.871. The average Bonchev–Trinajstić information content (AvgIpc) is 2.48. The first-order valence-electron chi connectivity index (χ1n) is 8.23. The van der Waals surface area contributed by atoms with Crippen molar-refractivity contribution >= 4 is 5.91 Å². The lowest BCUT2D eigenvalue weighted by molar-refractivity contribution is -0.133. The summed E-state index contributed by atoms with van der Waals surface area (Å²) in [6, 6.07) is 10.2. The summed E-state index contributed by atoms with van der Waals surface area (Å²) >= 11 is 0. The SMILES string of the molecule is CCCN(Cc1ccccc1)C(=O)CC1(N)CCCCC1. The summed E-state index contributed by atoms with van der Waals surface area (Å²) in [7, 11) is 0. The molecule has 0 saturated heterocycles. The van der Waals surface area contributed by atoms with Crippen molar-refractivity contribution in [3.63, 3.8) is 0 Å². The third-order valence-electron chi connectivity index (χ3n) is 4.42. The normalized spacial score (nSPS) is 17.4. The van der Waals surface area contributed by atoms with Crippen molar-refractivity contribution < 1.29 is 4.79 Å². The van der Waals surface area contributed by atoms with Gasteiger partial charge in [-0.3, -0.25) is 4.79 Å². The Morgan fingerprint density at radius 2 is 1.86 bits per heavy atom. The van der Waals surface area contributed by atoms with E-state index in [1.54, 1.807) is 0 Å². The zero-order valence-electron chi connectivity index (χ0n) is 13.2. The number of hydrogen-bond acceptors (Lipinski definition) is 2. The van der Waals surface area contributed by atoms with Gasteiger partial charge in [0.05, 0.1) is 0 Å². The van der Waals surface area contributed by atoms with Gasteiger partial charge in [0.2, 0.25) is 5.91 Å². The van der Waals surface area contributed by atoms with Gasteiger partial charge in [-0.25, -0.2) is 0 Å². The Kier molecular flexibility index (Phi) is 5.80. The van der Waals surface area contributed by atoms with Crippen LogP contribution in [0.5, 0.6) is 0 Å². The lowest BCUT2D eigenvalue weighted by Gasteiger charge is -2.35. The number of benzene rings is 1. The Labute approximate surface area is 128 Å². The van der Waals surface area contributed by atoms with Crippen molar-refractivity contribution in [2.75, 3.05) is 6.54 Å². The number of carbonyl (C=O) groups is 1. The van der Waals surface area contributed by atoms with Crippen LogP contribution in [0.15, 0.2) is 30.3 Å². The van der Waals surface area contributed by atoms with Gasteiger partial charge in [0, 0.05) is 25.0 Å². The molecule has 1 aliphatic rings. The van der Waals surface area contributed by atoms with Crippen molar-refractivity contribution in [3.05, 3.63) is 35.9 Å². The molecule has 2 N–H and O–H groups in total. The molecule has 0 radical (unpaired) electrons. The Morgan fingerprint density at radius 3 is 2.48 bits per heavy atom. The minimum Gasteiger partial charge on any atom is -0.338 e. The summed E-state index contributed by atoms with van der Waals surface area (Å²) in [4.78, 5) is 14.6. The zero-order chi connectivity index (χ0) is 15.1. The summed E-state index contributed by atoms with van der Waals surface area (Å²) in [5.41, 5.74) is 7.36. The molecular formula is C18H28N2O. The fourth-order valence-corrected chi connectivity index (χ4v) is 3.21. The second-order valence-corrected chi connectivity index (χ2v) is 6.40. The Balaban J connectivity index is 1.98.